The molecule has 9 aromatic carbocycles. The quantitative estimate of drug-likeness (QED) is 0.191. The Morgan fingerprint density at radius 3 is 1.46 bits per heavy atom. The molecule has 4 nitrogen and oxygen atoms in total. The van der Waals surface area contributed by atoms with E-state index in [1.807, 2.05) is 91.0 Å². The van der Waals surface area contributed by atoms with Crippen molar-refractivity contribution < 1.29 is 19.0 Å². The van der Waals surface area contributed by atoms with Crippen LogP contribution in [0, 0.1) is 0 Å². The Balaban J connectivity index is 1.11. The maximum absolute atomic E-state index is 13.5. The topological polar surface area (TPSA) is 66.7 Å². The SMILES string of the molecule is OC1(c2ccc3ccccc3c2)c2ccccc2C(O)(c2ccc3ccccc3c2)c2cc(-c3ccc4oc5c(ccc6c7ccccc7oc65)c4c3)ccc21. The Morgan fingerprint density at radius 2 is 0.804 bits per heavy atom. The van der Waals surface area contributed by atoms with Crippen LogP contribution in [0.5, 0.6) is 0 Å². The third kappa shape index (κ3) is 4.20. The van der Waals surface area contributed by atoms with Gasteiger partial charge in [-0.2, -0.15) is 0 Å². The van der Waals surface area contributed by atoms with Gasteiger partial charge in [0.15, 0.2) is 11.2 Å². The van der Waals surface area contributed by atoms with Crippen molar-refractivity contribution in [2.24, 2.45) is 0 Å². The molecule has 1 aliphatic carbocycles. The molecule has 0 bridgehead atoms. The second-order valence-electron chi connectivity index (χ2n) is 15.1. The highest BCUT2D eigenvalue weighted by Crippen LogP contribution is 2.54. The first-order valence-electron chi connectivity index (χ1n) is 18.9. The number of hydrogen-bond acceptors (Lipinski definition) is 4. The molecule has 1 aliphatic rings. The van der Waals surface area contributed by atoms with Gasteiger partial charge in [-0.3, -0.25) is 0 Å². The highest BCUT2D eigenvalue weighted by atomic mass is 16.4. The number of furan rings is 2. The van der Waals surface area contributed by atoms with Gasteiger partial charge in [0.1, 0.15) is 22.4 Å². The molecule has 0 aliphatic heterocycles. The van der Waals surface area contributed by atoms with Gasteiger partial charge in [0.25, 0.3) is 0 Å². The van der Waals surface area contributed by atoms with Crippen LogP contribution in [0.4, 0.5) is 0 Å². The van der Waals surface area contributed by atoms with Gasteiger partial charge in [-0.15, -0.1) is 0 Å². The van der Waals surface area contributed by atoms with Gasteiger partial charge in [0.2, 0.25) is 0 Å². The van der Waals surface area contributed by atoms with Crippen molar-refractivity contribution >= 4 is 65.4 Å². The van der Waals surface area contributed by atoms with Crippen molar-refractivity contribution in [3.05, 3.63) is 215 Å². The first kappa shape index (κ1) is 31.4. The van der Waals surface area contributed by atoms with Crippen LogP contribution >= 0.6 is 0 Å². The fourth-order valence-electron chi connectivity index (χ4n) is 9.39. The number of benzene rings is 9. The largest absolute Gasteiger partial charge is 0.452 e. The summed E-state index contributed by atoms with van der Waals surface area (Å²) < 4.78 is 12.8. The zero-order valence-electron chi connectivity index (χ0n) is 30.0. The van der Waals surface area contributed by atoms with E-state index in [-0.39, 0.29) is 0 Å². The fraction of sp³-hybridized carbons (Fsp3) is 0.0385. The van der Waals surface area contributed by atoms with Crippen LogP contribution in [0.1, 0.15) is 33.4 Å². The molecule has 0 radical (unpaired) electrons. The first-order chi connectivity index (χ1) is 27.5. The molecule has 56 heavy (non-hydrogen) atoms. The van der Waals surface area contributed by atoms with Crippen LogP contribution in [0.3, 0.4) is 0 Å². The van der Waals surface area contributed by atoms with Crippen LogP contribution in [0.25, 0.3) is 76.5 Å². The highest BCUT2D eigenvalue weighted by Gasteiger charge is 2.51. The molecule has 2 unspecified atom stereocenters. The number of fused-ring (bicyclic) bond motifs is 11. The summed E-state index contributed by atoms with van der Waals surface area (Å²) >= 11 is 0. The predicted octanol–water partition coefficient (Wildman–Crippen LogP) is 12.3. The molecule has 2 N–H and O–H groups in total. The predicted molar refractivity (Wildman–Crippen MR) is 225 cm³/mol. The summed E-state index contributed by atoms with van der Waals surface area (Å²) in [6, 6.07) is 61.1. The van der Waals surface area contributed by atoms with Crippen LogP contribution in [0.15, 0.2) is 191 Å². The van der Waals surface area contributed by atoms with Gasteiger partial charge < -0.3 is 19.0 Å². The summed E-state index contributed by atoms with van der Waals surface area (Å²) in [5, 5.41) is 35.2. The minimum absolute atomic E-state index is 0.626. The van der Waals surface area contributed by atoms with Gasteiger partial charge in [-0.1, -0.05) is 133 Å². The molecular formula is C52H32O4. The fourth-order valence-corrected chi connectivity index (χ4v) is 9.39. The van der Waals surface area contributed by atoms with Crippen molar-refractivity contribution in [2.75, 3.05) is 0 Å². The molecule has 2 atom stereocenters. The molecule has 11 aromatic rings. The van der Waals surface area contributed by atoms with Gasteiger partial charge >= 0.3 is 0 Å². The monoisotopic (exact) mass is 720 g/mol. The lowest BCUT2D eigenvalue weighted by Crippen LogP contribution is -2.44. The van der Waals surface area contributed by atoms with E-state index in [4.69, 9.17) is 8.83 Å². The minimum atomic E-state index is -1.59. The van der Waals surface area contributed by atoms with Gasteiger partial charge in [-0.25, -0.2) is 0 Å². The molecule has 0 spiro atoms. The smallest absolute Gasteiger partial charge is 0.178 e. The molecular weight excluding hydrogens is 689 g/mol. The molecule has 0 fully saturated rings. The lowest BCUT2D eigenvalue weighted by molar-refractivity contribution is 0.0750. The van der Waals surface area contributed by atoms with E-state index in [2.05, 4.69) is 91.0 Å². The third-order valence-electron chi connectivity index (χ3n) is 12.2. The number of rotatable bonds is 3. The summed E-state index contributed by atoms with van der Waals surface area (Å²) in [6.45, 7) is 0. The average molecular weight is 721 g/mol. The van der Waals surface area contributed by atoms with Crippen LogP contribution in [0.2, 0.25) is 0 Å². The van der Waals surface area contributed by atoms with Gasteiger partial charge in [0.05, 0.1) is 0 Å². The number of aliphatic hydroxyl groups is 2. The maximum Gasteiger partial charge on any atom is 0.178 e. The summed E-state index contributed by atoms with van der Waals surface area (Å²) in [7, 11) is 0. The molecule has 264 valence electrons. The molecule has 12 rings (SSSR count). The molecule has 2 aromatic heterocycles. The summed E-state index contributed by atoms with van der Waals surface area (Å²) in [6.07, 6.45) is 0. The van der Waals surface area contributed by atoms with E-state index in [0.717, 1.165) is 87.7 Å². The van der Waals surface area contributed by atoms with E-state index in [1.165, 1.54) is 0 Å². The zero-order valence-corrected chi connectivity index (χ0v) is 30.0. The zero-order chi connectivity index (χ0) is 37.2. The van der Waals surface area contributed by atoms with Crippen molar-refractivity contribution in [2.45, 2.75) is 11.2 Å². The summed E-state index contributed by atoms with van der Waals surface area (Å²) in [4.78, 5) is 0. The van der Waals surface area contributed by atoms with E-state index in [9.17, 15) is 10.2 Å². The van der Waals surface area contributed by atoms with Crippen LogP contribution < -0.4 is 0 Å². The maximum atomic E-state index is 13.5. The highest BCUT2D eigenvalue weighted by molar-refractivity contribution is 6.19. The van der Waals surface area contributed by atoms with Gasteiger partial charge in [0, 0.05) is 21.5 Å². The van der Waals surface area contributed by atoms with Crippen molar-refractivity contribution in [1.29, 1.82) is 0 Å². The lowest BCUT2D eigenvalue weighted by Gasteiger charge is -2.45. The molecule has 2 heterocycles. The van der Waals surface area contributed by atoms with Gasteiger partial charge in [-0.05, 0) is 115 Å². The number of para-hydroxylation sites is 1. The average Bonchev–Trinajstić information content (AvgIpc) is 3.83. The van der Waals surface area contributed by atoms with Crippen LogP contribution in [-0.2, 0) is 11.2 Å². The van der Waals surface area contributed by atoms with Crippen molar-refractivity contribution in [3.63, 3.8) is 0 Å². The van der Waals surface area contributed by atoms with Crippen molar-refractivity contribution in [3.8, 4) is 11.1 Å². The lowest BCUT2D eigenvalue weighted by atomic mass is 9.63. The Kier molecular flexibility index (Phi) is 6.32. The molecule has 0 amide bonds. The Morgan fingerprint density at radius 1 is 0.321 bits per heavy atom. The Labute approximate surface area is 321 Å². The Bertz CT molecular complexity index is 3420. The first-order valence-corrected chi connectivity index (χ1v) is 18.9. The third-order valence-corrected chi connectivity index (χ3v) is 12.2. The van der Waals surface area contributed by atoms with E-state index in [0.29, 0.717) is 22.3 Å². The summed E-state index contributed by atoms with van der Waals surface area (Å²) in [5.74, 6) is 0. The van der Waals surface area contributed by atoms with E-state index >= 15 is 0 Å². The molecule has 4 heteroatoms. The number of hydrogen-bond donors (Lipinski definition) is 2. The van der Waals surface area contributed by atoms with Crippen molar-refractivity contribution in [1.82, 2.24) is 0 Å². The second kappa shape index (κ2) is 11.3. The Hall–Kier alpha value is -6.98. The minimum Gasteiger partial charge on any atom is -0.452 e. The molecule has 0 saturated carbocycles. The van der Waals surface area contributed by atoms with E-state index in [1.54, 1.807) is 0 Å². The summed E-state index contributed by atoms with van der Waals surface area (Å²) in [5.41, 5.74) is 5.79. The second-order valence-corrected chi connectivity index (χ2v) is 15.1. The standard InChI is InChI=1S/C52H32O4/c53-51(37-21-17-31-9-1-3-11-33(31)27-37)43-14-6-7-15-44(43)52(54,38-22-18-32-10-2-4-12-34(32)28-38)46-30-36(19-25-45(46)51)35-20-26-48-42(29-35)41-24-23-40-39-13-5-8-16-47(39)55-49(40)50(41)56-48/h1-30,53-54H. The normalized spacial score (nSPS) is 18.0. The molecule has 0 saturated heterocycles. The van der Waals surface area contributed by atoms with E-state index < -0.39 is 11.2 Å². The van der Waals surface area contributed by atoms with Crippen LogP contribution in [-0.4, -0.2) is 10.2 Å².